The highest BCUT2D eigenvalue weighted by Gasteiger charge is 2.28. The Kier molecular flexibility index (Phi) is 8.59. The Balaban J connectivity index is 1.47. The first kappa shape index (κ1) is 25.4. The van der Waals surface area contributed by atoms with Gasteiger partial charge in [-0.25, -0.2) is 0 Å². The Morgan fingerprint density at radius 1 is 1.26 bits per heavy atom. The van der Waals surface area contributed by atoms with Crippen LogP contribution < -0.4 is 9.47 Å². The Labute approximate surface area is 206 Å². The van der Waals surface area contributed by atoms with Crippen LogP contribution in [-0.2, 0) is 29.2 Å². The number of amides is 1. The topological polar surface area (TPSA) is 102 Å². The average molecular weight is 488 g/mol. The number of ether oxygens (including phenoxy) is 3. The minimum atomic E-state index is -0.247. The van der Waals surface area contributed by atoms with E-state index in [1.54, 1.807) is 9.58 Å². The van der Waals surface area contributed by atoms with E-state index in [1.165, 1.54) is 0 Å². The van der Waals surface area contributed by atoms with Gasteiger partial charge in [0.05, 0.1) is 31.6 Å². The van der Waals surface area contributed by atoms with Gasteiger partial charge in [-0.2, -0.15) is 0 Å². The van der Waals surface area contributed by atoms with Crippen LogP contribution >= 0.6 is 0 Å². The van der Waals surface area contributed by atoms with Crippen molar-refractivity contribution in [3.05, 3.63) is 35.7 Å². The molecule has 1 N–H and O–H groups in total. The second kappa shape index (κ2) is 11.8. The molecule has 0 unspecified atom stereocenters. The van der Waals surface area contributed by atoms with Gasteiger partial charge >= 0.3 is 0 Å². The minimum Gasteiger partial charge on any atom is -0.486 e. The van der Waals surface area contributed by atoms with Gasteiger partial charge in [0.25, 0.3) is 0 Å². The highest BCUT2D eigenvalue weighted by atomic mass is 16.6. The number of benzene rings is 1. The molecule has 2 aromatic rings. The first-order chi connectivity index (χ1) is 16.9. The van der Waals surface area contributed by atoms with Crippen molar-refractivity contribution in [1.29, 1.82) is 0 Å². The van der Waals surface area contributed by atoms with E-state index >= 15 is 0 Å². The molecule has 2 aliphatic heterocycles. The third-order valence-electron chi connectivity index (χ3n) is 6.60. The number of rotatable bonds is 6. The molecule has 2 bridgehead atoms. The number of carbonyl (C=O) groups excluding carboxylic acids is 1. The van der Waals surface area contributed by atoms with Crippen LogP contribution in [0.2, 0.25) is 0 Å². The lowest BCUT2D eigenvalue weighted by atomic mass is 10.0. The Bertz CT molecular complexity index is 983. The number of aliphatic hydroxyl groups excluding tert-OH is 1. The predicted octanol–water partition coefficient (Wildman–Crippen LogP) is 1.71. The smallest absolute Gasteiger partial charge is 0.222 e. The second-order valence-electron chi connectivity index (χ2n) is 9.66. The largest absolute Gasteiger partial charge is 0.486 e. The van der Waals surface area contributed by atoms with Crippen molar-refractivity contribution in [2.24, 2.45) is 5.92 Å². The maximum atomic E-state index is 13.0. The average Bonchev–Trinajstić information content (AvgIpc) is 3.31. The first-order valence-electron chi connectivity index (χ1n) is 12.4. The van der Waals surface area contributed by atoms with E-state index < -0.39 is 0 Å². The second-order valence-corrected chi connectivity index (χ2v) is 9.66. The van der Waals surface area contributed by atoms with Crippen molar-refractivity contribution in [2.75, 3.05) is 40.0 Å². The maximum Gasteiger partial charge on any atom is 0.222 e. The fourth-order valence-electron chi connectivity index (χ4n) is 4.56. The molecule has 1 amide bonds. The molecule has 0 spiro atoms. The lowest BCUT2D eigenvalue weighted by Gasteiger charge is -2.35. The molecule has 3 atom stereocenters. The molecule has 192 valence electrons. The number of likely N-dealkylation sites (N-methyl/N-ethyl adjacent to an activating group) is 1. The van der Waals surface area contributed by atoms with E-state index in [0.717, 1.165) is 29.3 Å². The van der Waals surface area contributed by atoms with E-state index in [1.807, 2.05) is 25.3 Å². The normalized spacial score (nSPS) is 22.3. The molecule has 0 saturated heterocycles. The van der Waals surface area contributed by atoms with E-state index in [0.29, 0.717) is 52.3 Å². The van der Waals surface area contributed by atoms with E-state index in [-0.39, 0.29) is 30.6 Å². The van der Waals surface area contributed by atoms with Gasteiger partial charge in [0.1, 0.15) is 18.9 Å². The molecule has 0 radical (unpaired) electrons. The van der Waals surface area contributed by atoms with Crippen LogP contribution in [0.25, 0.3) is 0 Å². The minimum absolute atomic E-state index is 0.0429. The van der Waals surface area contributed by atoms with Gasteiger partial charge in [-0.1, -0.05) is 18.2 Å². The third kappa shape index (κ3) is 6.71. The zero-order valence-corrected chi connectivity index (χ0v) is 20.9. The third-order valence-corrected chi connectivity index (χ3v) is 6.60. The van der Waals surface area contributed by atoms with Crippen LogP contribution in [0.4, 0.5) is 0 Å². The molecule has 10 heteroatoms. The van der Waals surface area contributed by atoms with Crippen molar-refractivity contribution in [2.45, 2.75) is 58.5 Å². The van der Waals surface area contributed by atoms with E-state index in [2.05, 4.69) is 35.2 Å². The number of fused-ring (bicyclic) bond motifs is 3. The fraction of sp³-hybridized carbons (Fsp3) is 0.640. The number of aromatic nitrogens is 3. The van der Waals surface area contributed by atoms with E-state index in [4.69, 9.17) is 14.2 Å². The molecular formula is C25H37N5O5. The van der Waals surface area contributed by atoms with Gasteiger partial charge in [0, 0.05) is 38.5 Å². The number of aliphatic hydroxyl groups is 1. The number of aryl methyl sites for hydroxylation is 1. The molecule has 35 heavy (non-hydrogen) atoms. The molecule has 1 aromatic carbocycles. The van der Waals surface area contributed by atoms with E-state index in [9.17, 15) is 9.90 Å². The van der Waals surface area contributed by atoms with Crippen molar-refractivity contribution in [3.63, 3.8) is 0 Å². The van der Waals surface area contributed by atoms with Crippen LogP contribution in [0.1, 0.15) is 37.9 Å². The summed E-state index contributed by atoms with van der Waals surface area (Å²) in [5, 5.41) is 18.2. The predicted molar refractivity (Wildman–Crippen MR) is 129 cm³/mol. The van der Waals surface area contributed by atoms with Crippen LogP contribution in [0.3, 0.4) is 0 Å². The number of nitrogens with zero attached hydrogens (tertiary/aromatic N) is 5. The molecule has 1 aromatic heterocycles. The summed E-state index contributed by atoms with van der Waals surface area (Å²) in [5.41, 5.74) is 1.91. The fourth-order valence-corrected chi connectivity index (χ4v) is 4.56. The molecule has 0 fully saturated rings. The summed E-state index contributed by atoms with van der Waals surface area (Å²) in [6.45, 7) is 7.94. The monoisotopic (exact) mass is 487 g/mol. The van der Waals surface area contributed by atoms with Gasteiger partial charge in [-0.05, 0) is 38.1 Å². The Morgan fingerprint density at radius 3 is 2.86 bits per heavy atom. The highest BCUT2D eigenvalue weighted by Crippen LogP contribution is 2.31. The first-order valence-corrected chi connectivity index (χ1v) is 12.4. The summed E-state index contributed by atoms with van der Waals surface area (Å²) in [5.74, 6) is 1.66. The van der Waals surface area contributed by atoms with Crippen LogP contribution in [0.15, 0.2) is 24.4 Å². The van der Waals surface area contributed by atoms with Gasteiger partial charge in [-0.3, -0.25) is 14.4 Å². The van der Waals surface area contributed by atoms with Crippen LogP contribution in [0.5, 0.6) is 11.5 Å². The number of carbonyl (C=O) groups is 1. The maximum absolute atomic E-state index is 13.0. The Morgan fingerprint density at radius 2 is 2.06 bits per heavy atom. The quantitative estimate of drug-likeness (QED) is 0.657. The summed E-state index contributed by atoms with van der Waals surface area (Å²) in [7, 11) is 2.06. The van der Waals surface area contributed by atoms with Crippen molar-refractivity contribution in [1.82, 2.24) is 24.8 Å². The van der Waals surface area contributed by atoms with Crippen LogP contribution in [0, 0.1) is 5.92 Å². The molecule has 3 heterocycles. The lowest BCUT2D eigenvalue weighted by molar-refractivity contribution is -0.136. The summed E-state index contributed by atoms with van der Waals surface area (Å²) >= 11 is 0. The molecule has 2 aliphatic rings. The summed E-state index contributed by atoms with van der Waals surface area (Å²) in [4.78, 5) is 17.0. The standard InChI is InChI=1S/C25H37N5O5/c1-18-12-30(19(2)16-31)25(32)5-4-8-29-14-21(26-27-29)17-35-24(18)15-28(3)13-20-6-7-22-23(11-20)34-10-9-33-22/h6-7,11,14,18-19,24,31H,4-5,8-10,12-13,15-17H2,1-3H3/t18-,19-,24-/m0/s1. The molecule has 10 nitrogen and oxygen atoms in total. The summed E-state index contributed by atoms with van der Waals surface area (Å²) < 4.78 is 19.5. The van der Waals surface area contributed by atoms with Crippen LogP contribution in [-0.4, -0.2) is 87.9 Å². The Hall–Kier alpha value is -2.69. The van der Waals surface area contributed by atoms with Crippen molar-refractivity contribution >= 4 is 5.91 Å². The number of hydrogen-bond donors (Lipinski definition) is 1. The van der Waals surface area contributed by atoms with Gasteiger partial charge in [-0.15, -0.1) is 5.10 Å². The summed E-state index contributed by atoms with van der Waals surface area (Å²) in [6, 6.07) is 5.80. The molecular weight excluding hydrogens is 450 g/mol. The van der Waals surface area contributed by atoms with Crippen molar-refractivity contribution in [3.8, 4) is 11.5 Å². The van der Waals surface area contributed by atoms with Gasteiger partial charge in [0.2, 0.25) is 5.91 Å². The lowest BCUT2D eigenvalue weighted by Crippen LogP contribution is -2.47. The molecule has 4 rings (SSSR count). The summed E-state index contributed by atoms with van der Waals surface area (Å²) in [6.07, 6.45) is 2.82. The SMILES string of the molecule is C[C@H]1CN([C@@H](C)CO)C(=O)CCCn2cc(nn2)CO[C@H]1CN(C)Cc1ccc2c(c1)OCCO2. The molecule has 0 aliphatic carbocycles. The van der Waals surface area contributed by atoms with Crippen molar-refractivity contribution < 1.29 is 24.1 Å². The van der Waals surface area contributed by atoms with Gasteiger partial charge in [0.15, 0.2) is 11.5 Å². The highest BCUT2D eigenvalue weighted by molar-refractivity contribution is 5.76. The zero-order valence-electron chi connectivity index (χ0n) is 20.9. The molecule has 0 saturated carbocycles. The number of hydrogen-bond acceptors (Lipinski definition) is 8. The van der Waals surface area contributed by atoms with Gasteiger partial charge < -0.3 is 24.2 Å². The zero-order chi connectivity index (χ0) is 24.8.